The molecule has 0 aliphatic carbocycles. The third-order valence-corrected chi connectivity index (χ3v) is 7.17. The monoisotopic (exact) mass is 383 g/mol. The van der Waals surface area contributed by atoms with Crippen molar-refractivity contribution in [2.75, 3.05) is 18.3 Å². The van der Waals surface area contributed by atoms with E-state index in [-0.39, 0.29) is 30.2 Å². The predicted molar refractivity (Wildman–Crippen MR) is 94.6 cm³/mol. The van der Waals surface area contributed by atoms with Crippen LogP contribution in [0.2, 0.25) is 0 Å². The van der Waals surface area contributed by atoms with Crippen LogP contribution >= 0.6 is 24.0 Å². The summed E-state index contributed by atoms with van der Waals surface area (Å²) in [5, 5.41) is 0. The van der Waals surface area contributed by atoms with Gasteiger partial charge in [-0.1, -0.05) is 30.0 Å². The second-order valence-corrected chi connectivity index (χ2v) is 9.63. The molecule has 126 valence electrons. The van der Waals surface area contributed by atoms with Crippen molar-refractivity contribution in [3.63, 3.8) is 0 Å². The zero-order valence-corrected chi connectivity index (χ0v) is 14.9. The first kappa shape index (κ1) is 15.9. The van der Waals surface area contributed by atoms with Gasteiger partial charge in [-0.15, -0.1) is 0 Å². The minimum absolute atomic E-state index is 0.0171. The van der Waals surface area contributed by atoms with Crippen LogP contribution in [0.5, 0.6) is 11.5 Å². The highest BCUT2D eigenvalue weighted by atomic mass is 32.2. The number of sulfone groups is 1. The van der Waals surface area contributed by atoms with Gasteiger partial charge < -0.3 is 9.47 Å². The number of nitrogens with zero attached hydrogens (tertiary/aromatic N) is 1. The van der Waals surface area contributed by atoms with Gasteiger partial charge in [0.2, 0.25) is 6.79 Å². The van der Waals surface area contributed by atoms with E-state index in [9.17, 15) is 13.2 Å². The fourth-order valence-electron chi connectivity index (χ4n) is 2.93. The summed E-state index contributed by atoms with van der Waals surface area (Å²) < 4.78 is 34.3. The lowest BCUT2D eigenvalue weighted by molar-refractivity contribution is -0.123. The quantitative estimate of drug-likeness (QED) is 0.570. The zero-order chi connectivity index (χ0) is 16.9. The van der Waals surface area contributed by atoms with Gasteiger partial charge in [-0.3, -0.25) is 9.69 Å². The molecule has 0 N–H and O–H groups in total. The number of hydrogen-bond acceptors (Lipinski definition) is 7. The van der Waals surface area contributed by atoms with Crippen molar-refractivity contribution >= 4 is 50.1 Å². The number of amides is 1. The molecule has 0 unspecified atom stereocenters. The minimum atomic E-state index is -3.08. The number of ether oxygens (including phenoxy) is 2. The molecule has 1 aromatic rings. The smallest absolute Gasteiger partial charge is 0.266 e. The highest BCUT2D eigenvalue weighted by Crippen LogP contribution is 2.38. The van der Waals surface area contributed by atoms with Crippen molar-refractivity contribution in [3.8, 4) is 11.5 Å². The second kappa shape index (κ2) is 5.75. The molecule has 0 bridgehead atoms. The molecule has 3 heterocycles. The summed E-state index contributed by atoms with van der Waals surface area (Å²) in [7, 11) is -3.08. The van der Waals surface area contributed by atoms with Crippen molar-refractivity contribution in [3.05, 3.63) is 28.7 Å². The Balaban J connectivity index is 1.59. The number of thiocarbonyl (C=S) groups is 1. The second-order valence-electron chi connectivity index (χ2n) is 5.72. The lowest BCUT2D eigenvalue weighted by Gasteiger charge is -2.20. The molecule has 1 aromatic carbocycles. The van der Waals surface area contributed by atoms with Crippen LogP contribution in [0.25, 0.3) is 6.08 Å². The molecular weight excluding hydrogens is 370 g/mol. The van der Waals surface area contributed by atoms with Gasteiger partial charge in [0.1, 0.15) is 4.32 Å². The molecule has 0 saturated carbocycles. The topological polar surface area (TPSA) is 72.9 Å². The average Bonchev–Trinajstić information content (AvgIpc) is 3.18. The van der Waals surface area contributed by atoms with E-state index in [0.717, 1.165) is 5.56 Å². The molecule has 2 saturated heterocycles. The van der Waals surface area contributed by atoms with E-state index >= 15 is 0 Å². The molecule has 0 radical (unpaired) electrons. The molecule has 4 rings (SSSR count). The Morgan fingerprint density at radius 1 is 1.29 bits per heavy atom. The van der Waals surface area contributed by atoms with Crippen LogP contribution in [-0.4, -0.2) is 47.9 Å². The normalized spacial score (nSPS) is 26.6. The predicted octanol–water partition coefficient (Wildman–Crippen LogP) is 1.80. The molecule has 9 heteroatoms. The third kappa shape index (κ3) is 2.80. The van der Waals surface area contributed by atoms with Gasteiger partial charge in [0, 0.05) is 0 Å². The van der Waals surface area contributed by atoms with E-state index in [1.165, 1.54) is 16.7 Å². The number of rotatable bonds is 2. The van der Waals surface area contributed by atoms with Crippen molar-refractivity contribution in [2.45, 2.75) is 12.5 Å². The van der Waals surface area contributed by atoms with Crippen LogP contribution in [0.1, 0.15) is 12.0 Å². The van der Waals surface area contributed by atoms with E-state index in [2.05, 4.69) is 0 Å². The molecule has 1 atom stereocenters. The van der Waals surface area contributed by atoms with Gasteiger partial charge in [0.15, 0.2) is 21.3 Å². The van der Waals surface area contributed by atoms with Crippen molar-refractivity contribution in [1.82, 2.24) is 4.90 Å². The number of fused-ring (bicyclic) bond motifs is 1. The Hall–Kier alpha value is -1.58. The zero-order valence-electron chi connectivity index (χ0n) is 12.4. The molecule has 2 fully saturated rings. The molecule has 0 aromatic heterocycles. The molecule has 24 heavy (non-hydrogen) atoms. The Labute approximate surface area is 148 Å². The Kier molecular flexibility index (Phi) is 3.81. The van der Waals surface area contributed by atoms with Gasteiger partial charge >= 0.3 is 0 Å². The van der Waals surface area contributed by atoms with Gasteiger partial charge in [-0.25, -0.2) is 8.42 Å². The molecular formula is C15H13NO5S3. The van der Waals surface area contributed by atoms with Crippen LogP contribution < -0.4 is 9.47 Å². The number of hydrogen-bond donors (Lipinski definition) is 0. The lowest BCUT2D eigenvalue weighted by Crippen LogP contribution is -2.39. The van der Waals surface area contributed by atoms with E-state index in [0.29, 0.717) is 27.1 Å². The van der Waals surface area contributed by atoms with Crippen LogP contribution in [0, 0.1) is 0 Å². The van der Waals surface area contributed by atoms with Crippen LogP contribution in [0.4, 0.5) is 0 Å². The largest absolute Gasteiger partial charge is 0.454 e. The van der Waals surface area contributed by atoms with Crippen molar-refractivity contribution in [2.24, 2.45) is 0 Å². The van der Waals surface area contributed by atoms with Crippen LogP contribution in [0.3, 0.4) is 0 Å². The Morgan fingerprint density at radius 3 is 2.83 bits per heavy atom. The van der Waals surface area contributed by atoms with E-state index in [4.69, 9.17) is 21.7 Å². The summed E-state index contributed by atoms with van der Waals surface area (Å²) in [5.74, 6) is 1.17. The summed E-state index contributed by atoms with van der Waals surface area (Å²) in [6.07, 6.45) is 2.18. The maximum absolute atomic E-state index is 12.7. The van der Waals surface area contributed by atoms with Gasteiger partial charge in [-0.2, -0.15) is 0 Å². The summed E-state index contributed by atoms with van der Waals surface area (Å²) in [5.41, 5.74) is 0.804. The number of benzene rings is 1. The maximum atomic E-state index is 12.7. The highest BCUT2D eigenvalue weighted by Gasteiger charge is 2.42. The van der Waals surface area contributed by atoms with Crippen molar-refractivity contribution in [1.29, 1.82) is 0 Å². The summed E-state index contributed by atoms with van der Waals surface area (Å²) >= 11 is 6.49. The van der Waals surface area contributed by atoms with Crippen LogP contribution in [0.15, 0.2) is 23.1 Å². The number of thioether (sulfide) groups is 1. The summed E-state index contributed by atoms with van der Waals surface area (Å²) in [6, 6.07) is 5.07. The van der Waals surface area contributed by atoms with E-state index in [1.807, 2.05) is 6.07 Å². The molecule has 1 amide bonds. The Morgan fingerprint density at radius 2 is 2.08 bits per heavy atom. The first-order valence-electron chi connectivity index (χ1n) is 7.30. The van der Waals surface area contributed by atoms with E-state index in [1.54, 1.807) is 18.2 Å². The molecule has 0 spiro atoms. The maximum Gasteiger partial charge on any atom is 0.266 e. The third-order valence-electron chi connectivity index (χ3n) is 4.09. The standard InChI is InChI=1S/C15H13NO5S3/c17-14-13(6-9-1-2-11-12(5-9)21-8-20-11)23-15(22)16(14)10-3-4-24(18,19)7-10/h1-2,5-6,10H,3-4,7-8H2/b13-6-/t10-/m0/s1. The van der Waals surface area contributed by atoms with Gasteiger partial charge in [0.05, 0.1) is 22.5 Å². The molecule has 3 aliphatic rings. The van der Waals surface area contributed by atoms with E-state index < -0.39 is 9.84 Å². The average molecular weight is 383 g/mol. The first-order valence-corrected chi connectivity index (χ1v) is 10.3. The highest BCUT2D eigenvalue weighted by molar-refractivity contribution is 8.26. The minimum Gasteiger partial charge on any atom is -0.454 e. The fourth-order valence-corrected chi connectivity index (χ4v) is 6.03. The number of carbonyl (C=O) groups excluding carboxylic acids is 1. The molecule has 6 nitrogen and oxygen atoms in total. The van der Waals surface area contributed by atoms with Gasteiger partial charge in [0.25, 0.3) is 5.91 Å². The summed E-state index contributed by atoms with van der Waals surface area (Å²) in [4.78, 5) is 14.6. The van der Waals surface area contributed by atoms with Crippen LogP contribution in [-0.2, 0) is 14.6 Å². The van der Waals surface area contributed by atoms with Gasteiger partial charge in [-0.05, 0) is 30.2 Å². The summed E-state index contributed by atoms with van der Waals surface area (Å²) in [6.45, 7) is 0.192. The number of carbonyl (C=O) groups is 1. The fraction of sp³-hybridized carbons (Fsp3) is 0.333. The SMILES string of the molecule is O=C1/C(=C/c2ccc3c(c2)OCO3)SC(=S)N1[C@H]1CCS(=O)(=O)C1. The lowest BCUT2D eigenvalue weighted by atomic mass is 10.1. The Bertz CT molecular complexity index is 877. The molecule has 3 aliphatic heterocycles. The van der Waals surface area contributed by atoms with Crippen molar-refractivity contribution < 1.29 is 22.7 Å². The first-order chi connectivity index (χ1) is 11.4.